The third-order valence-electron chi connectivity index (χ3n) is 7.94. The topological polar surface area (TPSA) is 68.2 Å². The second-order valence-corrected chi connectivity index (χ2v) is 9.38. The van der Waals surface area contributed by atoms with Gasteiger partial charge >= 0.3 is 0 Å². The molecule has 5 nitrogen and oxygen atoms in total. The number of phenols is 2. The largest absolute Gasteiger partial charge is 0.504 e. The van der Waals surface area contributed by atoms with Crippen LogP contribution in [0.3, 0.4) is 0 Å². The number of methoxy groups -OCH3 is 2. The Labute approximate surface area is 186 Å². The fourth-order valence-electron chi connectivity index (χ4n) is 5.21. The fraction of sp³-hybridized carbons (Fsp3) is 0.538. The van der Waals surface area contributed by atoms with Crippen molar-refractivity contribution in [2.24, 2.45) is 10.8 Å². The van der Waals surface area contributed by atoms with Crippen molar-refractivity contribution < 1.29 is 24.4 Å². The first-order valence-electron chi connectivity index (χ1n) is 10.9. The lowest BCUT2D eigenvalue weighted by atomic mass is 9.56. The average molecular weight is 429 g/mol. The van der Waals surface area contributed by atoms with Gasteiger partial charge in [-0.25, -0.2) is 0 Å². The monoisotopic (exact) mass is 428 g/mol. The lowest BCUT2D eigenvalue weighted by Crippen LogP contribution is -2.41. The van der Waals surface area contributed by atoms with Crippen molar-refractivity contribution in [1.82, 2.24) is 0 Å². The van der Waals surface area contributed by atoms with Crippen LogP contribution in [0.4, 0.5) is 0 Å². The zero-order valence-electron chi connectivity index (χ0n) is 20.0. The Hall–Kier alpha value is -2.40. The molecular weight excluding hydrogens is 392 g/mol. The van der Waals surface area contributed by atoms with Crippen LogP contribution < -0.4 is 9.47 Å². The van der Waals surface area contributed by atoms with Crippen molar-refractivity contribution in [3.8, 4) is 23.0 Å². The van der Waals surface area contributed by atoms with Crippen LogP contribution in [0.25, 0.3) is 0 Å². The molecule has 1 aliphatic heterocycles. The molecule has 0 aromatic heterocycles. The summed E-state index contributed by atoms with van der Waals surface area (Å²) in [4.78, 5) is 0. The highest BCUT2D eigenvalue weighted by molar-refractivity contribution is 5.50. The normalized spacial score (nSPS) is 26.6. The van der Waals surface area contributed by atoms with Gasteiger partial charge in [0.2, 0.25) is 0 Å². The minimum atomic E-state index is -0.167. The van der Waals surface area contributed by atoms with E-state index in [1.165, 1.54) is 0 Å². The standard InChI is InChI=1S/C26H36O5/c1-9-25(5)24(19-11-16(3)23(28)21(13-19)30-8)31-14-26(25,6)17(4)18-10-15(2)22(27)20(12-18)29-7/h10-13,17,24,27-28H,9,14H2,1-8H3/t17?,24?,25-,26-/m1/s1. The number of aryl methyl sites for hydroxylation is 2. The summed E-state index contributed by atoms with van der Waals surface area (Å²) in [5.74, 6) is 1.49. The van der Waals surface area contributed by atoms with E-state index in [-0.39, 0.29) is 34.4 Å². The van der Waals surface area contributed by atoms with Crippen molar-refractivity contribution in [3.05, 3.63) is 46.5 Å². The van der Waals surface area contributed by atoms with Crippen LogP contribution in [-0.4, -0.2) is 31.0 Å². The van der Waals surface area contributed by atoms with Crippen LogP contribution in [0.2, 0.25) is 0 Å². The summed E-state index contributed by atoms with van der Waals surface area (Å²) in [6.07, 6.45) is 0.799. The lowest BCUT2D eigenvalue weighted by Gasteiger charge is -2.46. The molecule has 4 atom stereocenters. The van der Waals surface area contributed by atoms with Gasteiger partial charge in [0.25, 0.3) is 0 Å². The molecule has 2 N–H and O–H groups in total. The third kappa shape index (κ3) is 3.53. The van der Waals surface area contributed by atoms with Crippen molar-refractivity contribution in [2.45, 2.75) is 60.0 Å². The van der Waals surface area contributed by atoms with Gasteiger partial charge in [-0.15, -0.1) is 0 Å². The maximum Gasteiger partial charge on any atom is 0.161 e. The molecule has 2 aromatic carbocycles. The summed E-state index contributed by atoms with van der Waals surface area (Å²) in [6.45, 7) is 13.4. The van der Waals surface area contributed by atoms with E-state index in [0.29, 0.717) is 18.1 Å². The van der Waals surface area contributed by atoms with Crippen LogP contribution in [0, 0.1) is 24.7 Å². The van der Waals surface area contributed by atoms with Gasteiger partial charge in [0.05, 0.1) is 26.9 Å². The van der Waals surface area contributed by atoms with Crippen molar-refractivity contribution >= 4 is 0 Å². The molecule has 0 saturated carbocycles. The maximum atomic E-state index is 10.3. The number of aromatic hydroxyl groups is 2. The predicted octanol–water partition coefficient (Wildman–Crippen LogP) is 6.03. The Kier molecular flexibility index (Phi) is 6.21. The number of ether oxygens (including phenoxy) is 3. The molecule has 0 bridgehead atoms. The Morgan fingerprint density at radius 3 is 2.10 bits per heavy atom. The van der Waals surface area contributed by atoms with Gasteiger partial charge in [-0.1, -0.05) is 33.8 Å². The summed E-state index contributed by atoms with van der Waals surface area (Å²) >= 11 is 0. The molecule has 5 heteroatoms. The van der Waals surface area contributed by atoms with E-state index in [2.05, 4.69) is 27.7 Å². The van der Waals surface area contributed by atoms with Gasteiger partial charge in [-0.05, 0) is 66.6 Å². The van der Waals surface area contributed by atoms with Crippen LogP contribution >= 0.6 is 0 Å². The van der Waals surface area contributed by atoms with Gasteiger partial charge < -0.3 is 24.4 Å². The Balaban J connectivity index is 2.07. The second-order valence-electron chi connectivity index (χ2n) is 9.38. The van der Waals surface area contributed by atoms with E-state index in [0.717, 1.165) is 28.7 Å². The highest BCUT2D eigenvalue weighted by Crippen LogP contribution is 2.63. The molecule has 0 aliphatic carbocycles. The summed E-state index contributed by atoms with van der Waals surface area (Å²) in [5.41, 5.74) is 3.39. The highest BCUT2D eigenvalue weighted by Gasteiger charge is 2.57. The van der Waals surface area contributed by atoms with Gasteiger partial charge in [0.1, 0.15) is 0 Å². The van der Waals surface area contributed by atoms with Gasteiger partial charge in [0.15, 0.2) is 23.0 Å². The number of hydrogen-bond acceptors (Lipinski definition) is 5. The minimum absolute atomic E-state index is 0.127. The molecule has 1 saturated heterocycles. The van der Waals surface area contributed by atoms with E-state index < -0.39 is 0 Å². The first kappa shape index (κ1) is 23.3. The van der Waals surface area contributed by atoms with E-state index in [1.54, 1.807) is 14.2 Å². The fourth-order valence-corrected chi connectivity index (χ4v) is 5.21. The van der Waals surface area contributed by atoms with E-state index in [9.17, 15) is 10.2 Å². The molecule has 31 heavy (non-hydrogen) atoms. The Morgan fingerprint density at radius 2 is 1.55 bits per heavy atom. The van der Waals surface area contributed by atoms with Crippen molar-refractivity contribution in [1.29, 1.82) is 0 Å². The van der Waals surface area contributed by atoms with E-state index in [1.807, 2.05) is 38.1 Å². The minimum Gasteiger partial charge on any atom is -0.504 e. The Bertz CT molecular complexity index is 967. The molecule has 1 heterocycles. The molecule has 170 valence electrons. The van der Waals surface area contributed by atoms with Crippen LogP contribution in [0.1, 0.15) is 68.4 Å². The van der Waals surface area contributed by atoms with E-state index >= 15 is 0 Å². The van der Waals surface area contributed by atoms with Gasteiger partial charge in [-0.3, -0.25) is 0 Å². The first-order chi connectivity index (χ1) is 14.5. The van der Waals surface area contributed by atoms with Crippen LogP contribution in [0.15, 0.2) is 24.3 Å². The average Bonchev–Trinajstić information content (AvgIpc) is 3.03. The summed E-state index contributed by atoms with van der Waals surface area (Å²) in [6, 6.07) is 7.88. The zero-order chi connectivity index (χ0) is 23.1. The van der Waals surface area contributed by atoms with Crippen LogP contribution in [0.5, 0.6) is 23.0 Å². The molecule has 3 rings (SSSR count). The van der Waals surface area contributed by atoms with Gasteiger partial charge in [0, 0.05) is 10.8 Å². The lowest BCUT2D eigenvalue weighted by molar-refractivity contribution is 0.0395. The smallest absolute Gasteiger partial charge is 0.161 e. The van der Waals surface area contributed by atoms with Gasteiger partial charge in [-0.2, -0.15) is 0 Å². The molecule has 0 spiro atoms. The SMILES string of the molecule is CC[C@]1(C)C(c2cc(C)c(O)c(OC)c2)OC[C@]1(C)C(C)c1cc(C)c(O)c(OC)c1. The highest BCUT2D eigenvalue weighted by atomic mass is 16.5. The molecule has 0 radical (unpaired) electrons. The summed E-state index contributed by atoms with van der Waals surface area (Å²) in [7, 11) is 3.15. The van der Waals surface area contributed by atoms with Crippen LogP contribution in [-0.2, 0) is 4.74 Å². The van der Waals surface area contributed by atoms with Crippen molar-refractivity contribution in [3.63, 3.8) is 0 Å². The molecule has 2 unspecified atom stereocenters. The second kappa shape index (κ2) is 8.27. The first-order valence-corrected chi connectivity index (χ1v) is 10.9. The molecule has 1 fully saturated rings. The number of phenolic OH excluding ortho intramolecular Hbond substituents is 2. The van der Waals surface area contributed by atoms with E-state index in [4.69, 9.17) is 14.2 Å². The summed E-state index contributed by atoms with van der Waals surface area (Å²) in [5, 5.41) is 20.6. The number of rotatable bonds is 6. The molecule has 1 aliphatic rings. The zero-order valence-corrected chi connectivity index (χ0v) is 20.0. The number of benzene rings is 2. The molecule has 2 aromatic rings. The predicted molar refractivity (Wildman–Crippen MR) is 122 cm³/mol. The quantitative estimate of drug-likeness (QED) is 0.588. The third-order valence-corrected chi connectivity index (χ3v) is 7.94. The molecular formula is C26H36O5. The molecule has 0 amide bonds. The van der Waals surface area contributed by atoms with Crippen molar-refractivity contribution in [2.75, 3.05) is 20.8 Å². The number of hydrogen-bond donors (Lipinski definition) is 2. The maximum absolute atomic E-state index is 10.3. The summed E-state index contributed by atoms with van der Waals surface area (Å²) < 4.78 is 17.3. The Morgan fingerprint density at radius 1 is 1.00 bits per heavy atom.